The molecule has 3 aromatic heterocycles. The van der Waals surface area contributed by atoms with Crippen LogP contribution in [0.3, 0.4) is 0 Å². The van der Waals surface area contributed by atoms with Gasteiger partial charge in [-0.1, -0.05) is 22.9 Å². The van der Waals surface area contributed by atoms with Crippen molar-refractivity contribution in [3.63, 3.8) is 0 Å². The summed E-state index contributed by atoms with van der Waals surface area (Å²) in [7, 11) is 0. The number of nitrogens with zero attached hydrogens (tertiary/aromatic N) is 5. The first kappa shape index (κ1) is 13.0. The van der Waals surface area contributed by atoms with E-state index in [9.17, 15) is 4.79 Å². The van der Waals surface area contributed by atoms with Crippen molar-refractivity contribution >= 4 is 22.9 Å². The largest absolute Gasteiger partial charge is 0.305 e. The highest BCUT2D eigenvalue weighted by Crippen LogP contribution is 2.10. The first-order chi connectivity index (χ1) is 9.72. The highest BCUT2D eigenvalue weighted by atomic mass is 35.5. The molecule has 0 saturated carbocycles. The van der Waals surface area contributed by atoms with Crippen LogP contribution in [0, 0.1) is 0 Å². The molecule has 0 radical (unpaired) electrons. The average Bonchev–Trinajstić information content (AvgIpc) is 3.08. The lowest BCUT2D eigenvalue weighted by Gasteiger charge is -2.01. The number of halogens is 1. The molecule has 0 spiro atoms. The van der Waals surface area contributed by atoms with Crippen LogP contribution in [-0.4, -0.2) is 24.5 Å². The molecule has 3 heterocycles. The Morgan fingerprint density at radius 2 is 2.25 bits per heavy atom. The van der Waals surface area contributed by atoms with Gasteiger partial charge in [-0.3, -0.25) is 4.79 Å². The van der Waals surface area contributed by atoms with Crippen LogP contribution in [0.1, 0.15) is 10.6 Å². The third-order valence-electron chi connectivity index (χ3n) is 2.69. The fraction of sp³-hybridized carbons (Fsp3) is 0.167. The van der Waals surface area contributed by atoms with Gasteiger partial charge >= 0.3 is 0 Å². The van der Waals surface area contributed by atoms with Crippen molar-refractivity contribution in [3.8, 4) is 0 Å². The number of aromatic nitrogens is 5. The summed E-state index contributed by atoms with van der Waals surface area (Å²) >= 11 is 7.36. The molecular weight excluding hydrogens is 298 g/mol. The molecular formula is C12H10ClN5OS. The lowest BCUT2D eigenvalue weighted by atomic mass is 10.4. The van der Waals surface area contributed by atoms with Gasteiger partial charge in [-0.05, 0) is 11.4 Å². The van der Waals surface area contributed by atoms with Gasteiger partial charge in [-0.2, -0.15) is 0 Å². The summed E-state index contributed by atoms with van der Waals surface area (Å²) in [6.45, 7) is 1.00. The topological polar surface area (TPSA) is 65.6 Å². The van der Waals surface area contributed by atoms with Crippen LogP contribution in [0.25, 0.3) is 0 Å². The molecule has 0 N–H and O–H groups in total. The zero-order valence-electron chi connectivity index (χ0n) is 10.3. The SMILES string of the molecule is O=c1c(Cl)nccn1Cc1cn(Cc2cccs2)nn1. The predicted molar refractivity (Wildman–Crippen MR) is 76.1 cm³/mol. The third kappa shape index (κ3) is 2.78. The van der Waals surface area contributed by atoms with E-state index in [1.54, 1.807) is 22.2 Å². The van der Waals surface area contributed by atoms with E-state index in [1.807, 2.05) is 23.7 Å². The van der Waals surface area contributed by atoms with E-state index < -0.39 is 0 Å². The smallest absolute Gasteiger partial charge is 0.288 e. The van der Waals surface area contributed by atoms with Crippen LogP contribution in [0.4, 0.5) is 0 Å². The van der Waals surface area contributed by atoms with Gasteiger partial charge < -0.3 is 4.57 Å². The first-order valence-electron chi connectivity index (χ1n) is 5.85. The standard InChI is InChI=1S/C12H10ClN5OS/c13-11-12(19)17(4-3-14-11)6-9-7-18(16-15-9)8-10-2-1-5-20-10/h1-5,7H,6,8H2. The first-order valence-corrected chi connectivity index (χ1v) is 7.10. The van der Waals surface area contributed by atoms with E-state index in [-0.39, 0.29) is 10.7 Å². The summed E-state index contributed by atoms with van der Waals surface area (Å²) in [4.78, 5) is 16.7. The van der Waals surface area contributed by atoms with Crippen LogP contribution in [0.5, 0.6) is 0 Å². The van der Waals surface area contributed by atoms with Gasteiger partial charge in [0, 0.05) is 17.3 Å². The van der Waals surface area contributed by atoms with Gasteiger partial charge in [-0.15, -0.1) is 16.4 Å². The quantitative estimate of drug-likeness (QED) is 0.735. The molecule has 0 aliphatic heterocycles. The van der Waals surface area contributed by atoms with Crippen LogP contribution in [0.15, 0.2) is 40.9 Å². The Bertz CT molecular complexity index is 764. The van der Waals surface area contributed by atoms with Crippen molar-refractivity contribution < 1.29 is 0 Å². The summed E-state index contributed by atoms with van der Waals surface area (Å²) in [5.74, 6) is 0. The maximum Gasteiger partial charge on any atom is 0.288 e. The molecule has 0 atom stereocenters. The number of hydrogen-bond acceptors (Lipinski definition) is 5. The maximum atomic E-state index is 11.8. The minimum Gasteiger partial charge on any atom is -0.305 e. The monoisotopic (exact) mass is 307 g/mol. The molecule has 0 unspecified atom stereocenters. The van der Waals surface area contributed by atoms with Gasteiger partial charge in [-0.25, -0.2) is 9.67 Å². The van der Waals surface area contributed by atoms with Crippen molar-refractivity contribution in [2.45, 2.75) is 13.1 Å². The van der Waals surface area contributed by atoms with Crippen LogP contribution < -0.4 is 5.56 Å². The Hall–Kier alpha value is -1.99. The summed E-state index contributed by atoms with van der Waals surface area (Å²) in [6.07, 6.45) is 4.88. The molecule has 0 saturated heterocycles. The van der Waals surface area contributed by atoms with Crippen molar-refractivity contribution in [1.29, 1.82) is 0 Å². The van der Waals surface area contributed by atoms with Crippen molar-refractivity contribution in [1.82, 2.24) is 24.5 Å². The van der Waals surface area contributed by atoms with Gasteiger partial charge in [0.05, 0.1) is 19.3 Å². The van der Waals surface area contributed by atoms with E-state index in [2.05, 4.69) is 15.3 Å². The Morgan fingerprint density at radius 3 is 3.05 bits per heavy atom. The lowest BCUT2D eigenvalue weighted by molar-refractivity contribution is 0.654. The highest BCUT2D eigenvalue weighted by molar-refractivity contribution is 7.09. The summed E-state index contributed by atoms with van der Waals surface area (Å²) in [6, 6.07) is 4.04. The minimum atomic E-state index is -0.332. The second-order valence-corrected chi connectivity index (χ2v) is 5.53. The minimum absolute atomic E-state index is 0.0431. The molecule has 0 amide bonds. The summed E-state index contributed by atoms with van der Waals surface area (Å²) in [5.41, 5.74) is 0.368. The van der Waals surface area contributed by atoms with E-state index >= 15 is 0 Å². The highest BCUT2D eigenvalue weighted by Gasteiger charge is 2.06. The van der Waals surface area contributed by atoms with Gasteiger partial charge in [0.2, 0.25) is 0 Å². The van der Waals surface area contributed by atoms with E-state index in [1.165, 1.54) is 15.6 Å². The molecule has 0 fully saturated rings. The zero-order chi connectivity index (χ0) is 13.9. The molecule has 0 bridgehead atoms. The molecule has 6 nitrogen and oxygen atoms in total. The number of hydrogen-bond donors (Lipinski definition) is 0. The normalized spacial score (nSPS) is 10.8. The second-order valence-electron chi connectivity index (χ2n) is 4.14. The van der Waals surface area contributed by atoms with Crippen LogP contribution in [-0.2, 0) is 13.1 Å². The Balaban J connectivity index is 1.77. The van der Waals surface area contributed by atoms with E-state index in [0.29, 0.717) is 18.8 Å². The molecule has 0 aliphatic rings. The predicted octanol–water partition coefficient (Wildman–Crippen LogP) is 1.65. The van der Waals surface area contributed by atoms with Crippen LogP contribution >= 0.6 is 22.9 Å². The fourth-order valence-electron chi connectivity index (χ4n) is 1.77. The second kappa shape index (κ2) is 5.56. The Morgan fingerprint density at radius 1 is 1.35 bits per heavy atom. The van der Waals surface area contributed by atoms with Gasteiger partial charge in [0.1, 0.15) is 5.69 Å². The number of thiophene rings is 1. The van der Waals surface area contributed by atoms with Crippen molar-refractivity contribution in [3.05, 3.63) is 62.2 Å². The molecule has 0 aliphatic carbocycles. The molecule has 3 aromatic rings. The van der Waals surface area contributed by atoms with Gasteiger partial charge in [0.15, 0.2) is 5.15 Å². The van der Waals surface area contributed by atoms with Crippen molar-refractivity contribution in [2.75, 3.05) is 0 Å². The zero-order valence-corrected chi connectivity index (χ0v) is 11.9. The molecule has 0 aromatic carbocycles. The average molecular weight is 308 g/mol. The Labute approximate surface area is 123 Å². The van der Waals surface area contributed by atoms with Gasteiger partial charge in [0.25, 0.3) is 5.56 Å². The van der Waals surface area contributed by atoms with E-state index in [4.69, 9.17) is 11.6 Å². The fourth-order valence-corrected chi connectivity index (χ4v) is 2.63. The number of rotatable bonds is 4. The molecule has 3 rings (SSSR count). The van der Waals surface area contributed by atoms with Crippen molar-refractivity contribution in [2.24, 2.45) is 0 Å². The molecule has 20 heavy (non-hydrogen) atoms. The summed E-state index contributed by atoms with van der Waals surface area (Å²) in [5, 5.41) is 10.1. The lowest BCUT2D eigenvalue weighted by Crippen LogP contribution is -2.21. The third-order valence-corrected chi connectivity index (χ3v) is 3.81. The molecule has 102 valence electrons. The molecule has 8 heteroatoms. The maximum absolute atomic E-state index is 11.8. The van der Waals surface area contributed by atoms with E-state index in [0.717, 1.165) is 0 Å². The van der Waals surface area contributed by atoms with Crippen LogP contribution in [0.2, 0.25) is 5.15 Å². The summed E-state index contributed by atoms with van der Waals surface area (Å²) < 4.78 is 3.20. The Kier molecular flexibility index (Phi) is 3.62.